The van der Waals surface area contributed by atoms with E-state index >= 15 is 0 Å². The fraction of sp³-hybridized carbons (Fsp3) is 0.294. The van der Waals surface area contributed by atoms with Crippen molar-refractivity contribution in [1.29, 1.82) is 0 Å². The first-order valence-electron chi connectivity index (χ1n) is 6.70. The maximum Gasteiger partial charge on any atom is 0.137 e. The summed E-state index contributed by atoms with van der Waals surface area (Å²) in [6.07, 6.45) is 0.136. The molecule has 2 aromatic rings. The summed E-state index contributed by atoms with van der Waals surface area (Å²) >= 11 is 3.20. The molecule has 1 nitrogen and oxygen atoms in total. The summed E-state index contributed by atoms with van der Waals surface area (Å²) in [7, 11) is 0. The highest BCUT2D eigenvalue weighted by Crippen LogP contribution is 2.30. The van der Waals surface area contributed by atoms with Crippen LogP contribution in [0.4, 0.5) is 4.39 Å². The Labute approximate surface area is 127 Å². The molecule has 0 radical (unpaired) electrons. The number of hydrogen-bond donors (Lipinski definition) is 1. The lowest BCUT2D eigenvalue weighted by molar-refractivity contribution is 0.219. The molecule has 0 aromatic heterocycles. The van der Waals surface area contributed by atoms with Crippen LogP contribution in [0.3, 0.4) is 0 Å². The van der Waals surface area contributed by atoms with Crippen LogP contribution in [-0.4, -0.2) is 5.11 Å². The highest BCUT2D eigenvalue weighted by Gasteiger charge is 2.16. The van der Waals surface area contributed by atoms with E-state index in [1.807, 2.05) is 18.2 Å². The summed E-state index contributed by atoms with van der Waals surface area (Å²) in [5, 5.41) is 10.5. The molecule has 0 spiro atoms. The fourth-order valence-electron chi connectivity index (χ4n) is 2.27. The van der Waals surface area contributed by atoms with E-state index in [0.29, 0.717) is 16.0 Å². The van der Waals surface area contributed by atoms with Crippen molar-refractivity contribution in [2.75, 3.05) is 0 Å². The van der Waals surface area contributed by atoms with Crippen LogP contribution in [0.25, 0.3) is 0 Å². The van der Waals surface area contributed by atoms with Crippen LogP contribution in [0.15, 0.2) is 46.9 Å². The van der Waals surface area contributed by atoms with Crippen LogP contribution < -0.4 is 0 Å². The maximum absolute atomic E-state index is 13.5. The Morgan fingerprint density at radius 1 is 1.15 bits per heavy atom. The number of benzene rings is 2. The van der Waals surface area contributed by atoms with Crippen molar-refractivity contribution < 1.29 is 9.50 Å². The minimum Gasteiger partial charge on any atom is -0.384 e. The van der Waals surface area contributed by atoms with Crippen molar-refractivity contribution in [3.05, 3.63) is 69.4 Å². The van der Waals surface area contributed by atoms with Gasteiger partial charge in [-0.2, -0.15) is 0 Å². The molecule has 0 aliphatic carbocycles. The predicted octanol–water partition coefficient (Wildman–Crippen LogP) is 4.87. The SMILES string of the molecule is CC(C)Cc1cccc(C(O)c2cccc(F)c2Br)c1. The number of aliphatic hydroxyl groups is 1. The number of rotatable bonds is 4. The summed E-state index contributed by atoms with van der Waals surface area (Å²) in [5.41, 5.74) is 2.52. The van der Waals surface area contributed by atoms with Crippen molar-refractivity contribution in [2.24, 2.45) is 5.92 Å². The van der Waals surface area contributed by atoms with Gasteiger partial charge in [-0.05, 0) is 45.5 Å². The smallest absolute Gasteiger partial charge is 0.137 e. The largest absolute Gasteiger partial charge is 0.384 e. The Morgan fingerprint density at radius 2 is 1.85 bits per heavy atom. The van der Waals surface area contributed by atoms with Gasteiger partial charge in [-0.3, -0.25) is 0 Å². The minimum absolute atomic E-state index is 0.321. The molecule has 106 valence electrons. The minimum atomic E-state index is -0.827. The first-order chi connectivity index (χ1) is 9.49. The van der Waals surface area contributed by atoms with Gasteiger partial charge in [-0.25, -0.2) is 4.39 Å². The molecule has 1 atom stereocenters. The van der Waals surface area contributed by atoms with Crippen LogP contribution in [0, 0.1) is 11.7 Å². The zero-order valence-electron chi connectivity index (χ0n) is 11.6. The molecule has 1 N–H and O–H groups in total. The monoisotopic (exact) mass is 336 g/mol. The molecule has 0 heterocycles. The lowest BCUT2D eigenvalue weighted by Gasteiger charge is -2.15. The van der Waals surface area contributed by atoms with Crippen molar-refractivity contribution >= 4 is 15.9 Å². The van der Waals surface area contributed by atoms with Crippen LogP contribution in [-0.2, 0) is 6.42 Å². The summed E-state index contributed by atoms with van der Waals surface area (Å²) in [4.78, 5) is 0. The first kappa shape index (κ1) is 15.2. The van der Waals surface area contributed by atoms with Gasteiger partial charge in [0, 0.05) is 5.56 Å². The number of hydrogen-bond acceptors (Lipinski definition) is 1. The van der Waals surface area contributed by atoms with Crippen LogP contribution in [0.1, 0.15) is 36.6 Å². The summed E-state index contributed by atoms with van der Waals surface area (Å²) in [6, 6.07) is 12.5. The Hall–Kier alpha value is -1.19. The molecular formula is C17H18BrFO. The zero-order valence-corrected chi connectivity index (χ0v) is 13.2. The average molecular weight is 337 g/mol. The molecule has 0 fully saturated rings. The molecule has 2 rings (SSSR count). The second-order valence-electron chi connectivity index (χ2n) is 5.39. The third-order valence-corrected chi connectivity index (χ3v) is 4.02. The third-order valence-electron chi connectivity index (χ3n) is 3.19. The van der Waals surface area contributed by atoms with E-state index < -0.39 is 6.10 Å². The number of aliphatic hydroxyl groups excluding tert-OH is 1. The van der Waals surface area contributed by atoms with Gasteiger partial charge in [0.2, 0.25) is 0 Å². The van der Waals surface area contributed by atoms with E-state index in [2.05, 4.69) is 35.8 Å². The van der Waals surface area contributed by atoms with Crippen LogP contribution in [0.2, 0.25) is 0 Å². The lowest BCUT2D eigenvalue weighted by Crippen LogP contribution is -2.03. The molecule has 2 aromatic carbocycles. The average Bonchev–Trinajstić information content (AvgIpc) is 2.41. The van der Waals surface area contributed by atoms with Gasteiger partial charge in [0.1, 0.15) is 11.9 Å². The summed E-state index contributed by atoms with van der Waals surface area (Å²) < 4.78 is 13.9. The van der Waals surface area contributed by atoms with Crippen LogP contribution >= 0.6 is 15.9 Å². The van der Waals surface area contributed by atoms with E-state index in [0.717, 1.165) is 12.0 Å². The molecule has 0 amide bonds. The first-order valence-corrected chi connectivity index (χ1v) is 7.49. The van der Waals surface area contributed by atoms with E-state index in [-0.39, 0.29) is 5.82 Å². The molecule has 0 bridgehead atoms. The second kappa shape index (κ2) is 6.51. The van der Waals surface area contributed by atoms with E-state index in [9.17, 15) is 9.50 Å². The van der Waals surface area contributed by atoms with E-state index in [4.69, 9.17) is 0 Å². The quantitative estimate of drug-likeness (QED) is 0.844. The molecule has 0 saturated carbocycles. The van der Waals surface area contributed by atoms with Crippen molar-refractivity contribution in [3.63, 3.8) is 0 Å². The Bertz CT molecular complexity index is 595. The van der Waals surface area contributed by atoms with Gasteiger partial charge in [0.05, 0.1) is 4.47 Å². The maximum atomic E-state index is 13.5. The Morgan fingerprint density at radius 3 is 2.55 bits per heavy atom. The third kappa shape index (κ3) is 3.47. The zero-order chi connectivity index (χ0) is 14.7. The summed E-state index contributed by atoms with van der Waals surface area (Å²) in [6.45, 7) is 4.32. The normalized spacial score (nSPS) is 12.7. The lowest BCUT2D eigenvalue weighted by atomic mass is 9.96. The van der Waals surface area contributed by atoms with Crippen LogP contribution in [0.5, 0.6) is 0 Å². The predicted molar refractivity (Wildman–Crippen MR) is 83.1 cm³/mol. The Balaban J connectivity index is 2.33. The van der Waals surface area contributed by atoms with Gasteiger partial charge in [-0.1, -0.05) is 50.2 Å². The Kier molecular flexibility index (Phi) is 4.95. The van der Waals surface area contributed by atoms with Gasteiger partial charge in [-0.15, -0.1) is 0 Å². The molecule has 0 saturated heterocycles. The standard InChI is InChI=1S/C17H18BrFO/c1-11(2)9-12-5-3-6-13(10-12)17(20)14-7-4-8-15(19)16(14)18/h3-8,10-11,17,20H,9H2,1-2H3. The second-order valence-corrected chi connectivity index (χ2v) is 6.18. The van der Waals surface area contributed by atoms with E-state index in [1.54, 1.807) is 12.1 Å². The molecule has 0 aliphatic heterocycles. The number of halogens is 2. The molecule has 20 heavy (non-hydrogen) atoms. The topological polar surface area (TPSA) is 20.2 Å². The van der Waals surface area contributed by atoms with Crippen molar-refractivity contribution in [1.82, 2.24) is 0 Å². The van der Waals surface area contributed by atoms with Crippen molar-refractivity contribution in [3.8, 4) is 0 Å². The highest BCUT2D eigenvalue weighted by atomic mass is 79.9. The van der Waals surface area contributed by atoms with Gasteiger partial charge in [0.25, 0.3) is 0 Å². The fourth-order valence-corrected chi connectivity index (χ4v) is 2.75. The molecule has 0 aliphatic rings. The molecular weight excluding hydrogens is 319 g/mol. The summed E-state index contributed by atoms with van der Waals surface area (Å²) in [5.74, 6) is 0.197. The molecule has 1 unspecified atom stereocenters. The van der Waals surface area contributed by atoms with Crippen molar-refractivity contribution in [2.45, 2.75) is 26.4 Å². The van der Waals surface area contributed by atoms with E-state index in [1.165, 1.54) is 11.6 Å². The van der Waals surface area contributed by atoms with Gasteiger partial charge >= 0.3 is 0 Å². The van der Waals surface area contributed by atoms with Gasteiger partial charge < -0.3 is 5.11 Å². The highest BCUT2D eigenvalue weighted by molar-refractivity contribution is 9.10. The van der Waals surface area contributed by atoms with Gasteiger partial charge in [0.15, 0.2) is 0 Å². The molecule has 3 heteroatoms.